The van der Waals surface area contributed by atoms with E-state index >= 15 is 0 Å². The number of aliphatic hydroxyl groups excluding tert-OH is 1. The second-order valence-electron chi connectivity index (χ2n) is 8.34. The lowest BCUT2D eigenvalue weighted by atomic mass is 9.84. The number of carbonyl (C=O) groups excluding carboxylic acids is 2. The molecule has 0 saturated carbocycles. The number of amides is 2. The van der Waals surface area contributed by atoms with E-state index < -0.39 is 5.60 Å². The predicted octanol–water partition coefficient (Wildman–Crippen LogP) is 4.64. The topological polar surface area (TPSA) is 79.2 Å². The summed E-state index contributed by atoms with van der Waals surface area (Å²) >= 11 is 0. The fourth-order valence-electron chi connectivity index (χ4n) is 4.48. The largest absolute Gasteiger partial charge is 0.438 e. The molecule has 166 valence electrons. The van der Waals surface area contributed by atoms with E-state index in [1.165, 1.54) is 6.21 Å². The first-order valence-corrected chi connectivity index (χ1v) is 11.0. The summed E-state index contributed by atoms with van der Waals surface area (Å²) in [4.78, 5) is 30.2. The number of aliphatic imine (C=N–C) groups is 1. The van der Waals surface area contributed by atoms with Gasteiger partial charge in [-0.15, -0.1) is 0 Å². The first-order chi connectivity index (χ1) is 15.5. The highest BCUT2D eigenvalue weighted by molar-refractivity contribution is 6.03. The van der Waals surface area contributed by atoms with Crippen molar-refractivity contribution < 1.29 is 19.4 Å². The van der Waals surface area contributed by atoms with Gasteiger partial charge in [0.1, 0.15) is 5.60 Å². The number of allylic oxidation sites excluding steroid dienone is 1. The third-order valence-corrected chi connectivity index (χ3v) is 6.38. The third-order valence-electron chi connectivity index (χ3n) is 6.38. The molecule has 32 heavy (non-hydrogen) atoms. The van der Waals surface area contributed by atoms with Crippen LogP contribution in [-0.2, 0) is 15.1 Å². The first kappa shape index (κ1) is 22.0. The second-order valence-corrected chi connectivity index (χ2v) is 8.34. The van der Waals surface area contributed by atoms with Crippen LogP contribution in [-0.4, -0.2) is 41.4 Å². The number of nitrogens with zero attached hydrogens (tertiary/aromatic N) is 2. The zero-order valence-corrected chi connectivity index (χ0v) is 18.2. The lowest BCUT2D eigenvalue weighted by molar-refractivity contribution is -0.116. The van der Waals surface area contributed by atoms with Crippen molar-refractivity contribution in [2.75, 3.05) is 13.2 Å². The minimum absolute atomic E-state index is 0.0620. The molecule has 1 N–H and O–H groups in total. The molecule has 2 aliphatic heterocycles. The molecule has 0 aliphatic carbocycles. The molecule has 6 nitrogen and oxygen atoms in total. The first-order valence-electron chi connectivity index (χ1n) is 11.0. The van der Waals surface area contributed by atoms with Gasteiger partial charge in [0, 0.05) is 25.8 Å². The SMILES string of the molecule is C[C@@H](c1ccc(C2=CC=NC(=O)C2)cc1)N1CC[C@](CCCO)(c2ccccc2)OC1=O. The van der Waals surface area contributed by atoms with Crippen LogP contribution < -0.4 is 0 Å². The molecule has 0 radical (unpaired) electrons. The minimum Gasteiger partial charge on any atom is -0.438 e. The lowest BCUT2D eigenvalue weighted by Crippen LogP contribution is -2.48. The summed E-state index contributed by atoms with van der Waals surface area (Å²) in [6.45, 7) is 2.63. The highest BCUT2D eigenvalue weighted by Gasteiger charge is 2.43. The zero-order chi connectivity index (χ0) is 22.6. The van der Waals surface area contributed by atoms with Gasteiger partial charge in [0.05, 0.1) is 12.5 Å². The standard InChI is InChI=1S/C26H28N2O4/c1-19(20-8-10-21(11-9-20)22-12-15-27-24(30)18-22)28-16-14-26(13-5-17-29,32-25(28)31)23-6-3-2-4-7-23/h2-4,6-12,15,19,29H,5,13-14,16-18H2,1H3/t19-,26+/m0/s1. The van der Waals surface area contributed by atoms with Crippen molar-refractivity contribution in [3.05, 3.63) is 77.4 Å². The van der Waals surface area contributed by atoms with Crippen molar-refractivity contribution in [3.8, 4) is 0 Å². The van der Waals surface area contributed by atoms with Crippen LogP contribution in [0.1, 0.15) is 55.3 Å². The Morgan fingerprint density at radius 3 is 2.53 bits per heavy atom. The molecular formula is C26H28N2O4. The summed E-state index contributed by atoms with van der Waals surface area (Å²) < 4.78 is 6.06. The molecule has 2 aromatic rings. The van der Waals surface area contributed by atoms with Gasteiger partial charge in [0.15, 0.2) is 0 Å². The summed E-state index contributed by atoms with van der Waals surface area (Å²) in [6, 6.07) is 17.6. The van der Waals surface area contributed by atoms with E-state index in [0.717, 1.165) is 22.3 Å². The van der Waals surface area contributed by atoms with Crippen LogP contribution in [0.4, 0.5) is 4.79 Å². The Bertz CT molecular complexity index is 1030. The fourth-order valence-corrected chi connectivity index (χ4v) is 4.48. The van der Waals surface area contributed by atoms with Crippen LogP contribution in [0.2, 0.25) is 0 Å². The van der Waals surface area contributed by atoms with E-state index in [4.69, 9.17) is 4.74 Å². The van der Waals surface area contributed by atoms with Crippen LogP contribution >= 0.6 is 0 Å². The summed E-state index contributed by atoms with van der Waals surface area (Å²) in [5.41, 5.74) is 3.19. The highest BCUT2D eigenvalue weighted by atomic mass is 16.6. The molecule has 1 saturated heterocycles. The van der Waals surface area contributed by atoms with Crippen LogP contribution in [0.25, 0.3) is 5.57 Å². The Morgan fingerprint density at radius 2 is 1.88 bits per heavy atom. The number of dihydropyridines is 1. The molecule has 4 rings (SSSR count). The van der Waals surface area contributed by atoms with E-state index in [1.54, 1.807) is 4.90 Å². The van der Waals surface area contributed by atoms with Crippen molar-refractivity contribution in [1.82, 2.24) is 4.90 Å². The molecule has 0 aromatic heterocycles. The van der Waals surface area contributed by atoms with Gasteiger partial charge < -0.3 is 14.7 Å². The van der Waals surface area contributed by atoms with Crippen LogP contribution in [0, 0.1) is 0 Å². The third kappa shape index (κ3) is 4.50. The molecule has 0 bridgehead atoms. The Labute approximate surface area is 188 Å². The zero-order valence-electron chi connectivity index (χ0n) is 18.2. The van der Waals surface area contributed by atoms with Gasteiger partial charge in [-0.05, 0) is 48.1 Å². The molecule has 2 atom stereocenters. The molecule has 6 heteroatoms. The molecule has 1 fully saturated rings. The monoisotopic (exact) mass is 432 g/mol. The summed E-state index contributed by atoms with van der Waals surface area (Å²) in [5, 5.41) is 9.36. The van der Waals surface area contributed by atoms with Gasteiger partial charge in [-0.25, -0.2) is 9.79 Å². The molecule has 2 aromatic carbocycles. The fraction of sp³-hybridized carbons (Fsp3) is 0.346. The number of hydrogen-bond donors (Lipinski definition) is 1. The maximum Gasteiger partial charge on any atom is 0.411 e. The maximum atomic E-state index is 13.1. The van der Waals surface area contributed by atoms with Crippen molar-refractivity contribution in [2.45, 2.75) is 44.2 Å². The van der Waals surface area contributed by atoms with Gasteiger partial charge in [0.2, 0.25) is 5.91 Å². The van der Waals surface area contributed by atoms with E-state index in [9.17, 15) is 14.7 Å². The normalized spacial score (nSPS) is 21.8. The van der Waals surface area contributed by atoms with Crippen molar-refractivity contribution in [3.63, 3.8) is 0 Å². The molecule has 2 amide bonds. The van der Waals surface area contributed by atoms with Gasteiger partial charge in [-0.2, -0.15) is 0 Å². The van der Waals surface area contributed by atoms with E-state index in [2.05, 4.69) is 4.99 Å². The Hall–Kier alpha value is -3.25. The number of ether oxygens (including phenoxy) is 1. The number of benzene rings is 2. The van der Waals surface area contributed by atoms with Crippen LogP contribution in [0.5, 0.6) is 0 Å². The molecule has 2 aliphatic rings. The van der Waals surface area contributed by atoms with E-state index in [0.29, 0.717) is 32.2 Å². The summed E-state index contributed by atoms with van der Waals surface area (Å²) in [6.07, 6.45) is 5.19. The van der Waals surface area contributed by atoms with Crippen molar-refractivity contribution in [2.24, 2.45) is 4.99 Å². The quantitative estimate of drug-likeness (QED) is 0.691. The molecule has 0 spiro atoms. The minimum atomic E-state index is -0.706. The maximum absolute atomic E-state index is 13.1. The second kappa shape index (κ2) is 9.49. The van der Waals surface area contributed by atoms with Crippen molar-refractivity contribution in [1.29, 1.82) is 0 Å². The Balaban J connectivity index is 1.49. The number of rotatable bonds is 7. The van der Waals surface area contributed by atoms with Gasteiger partial charge in [-0.3, -0.25) is 4.79 Å². The average Bonchev–Trinajstić information content (AvgIpc) is 2.83. The lowest BCUT2D eigenvalue weighted by Gasteiger charge is -2.43. The Kier molecular flexibility index (Phi) is 6.51. The average molecular weight is 433 g/mol. The number of carbonyl (C=O) groups is 2. The smallest absolute Gasteiger partial charge is 0.411 e. The van der Waals surface area contributed by atoms with E-state index in [-0.39, 0.29) is 24.6 Å². The predicted molar refractivity (Wildman–Crippen MR) is 123 cm³/mol. The van der Waals surface area contributed by atoms with Gasteiger partial charge in [0.25, 0.3) is 0 Å². The van der Waals surface area contributed by atoms with Crippen LogP contribution in [0.15, 0.2) is 65.7 Å². The summed E-state index contributed by atoms with van der Waals surface area (Å²) in [5.74, 6) is -0.140. The molecule has 0 unspecified atom stereocenters. The molecular weight excluding hydrogens is 404 g/mol. The van der Waals surface area contributed by atoms with Crippen LogP contribution in [0.3, 0.4) is 0 Å². The number of aliphatic hydroxyl groups is 1. The number of cyclic esters (lactones) is 1. The van der Waals surface area contributed by atoms with Gasteiger partial charge in [-0.1, -0.05) is 54.6 Å². The molecule has 2 heterocycles. The Morgan fingerprint density at radius 1 is 1.12 bits per heavy atom. The number of hydrogen-bond acceptors (Lipinski definition) is 4. The van der Waals surface area contributed by atoms with Crippen molar-refractivity contribution >= 4 is 23.8 Å². The van der Waals surface area contributed by atoms with E-state index in [1.807, 2.05) is 67.6 Å². The van der Waals surface area contributed by atoms with Gasteiger partial charge >= 0.3 is 6.09 Å². The summed E-state index contributed by atoms with van der Waals surface area (Å²) in [7, 11) is 0. The highest BCUT2D eigenvalue weighted by Crippen LogP contribution is 2.40.